The Morgan fingerprint density at radius 1 is 1.22 bits per heavy atom. The summed E-state index contributed by atoms with van der Waals surface area (Å²) in [6.45, 7) is -0.784. The van der Waals surface area contributed by atoms with Crippen LogP contribution in [0, 0.1) is 0 Å². The number of hydrogen-bond acceptors (Lipinski definition) is 5. The van der Waals surface area contributed by atoms with Crippen molar-refractivity contribution in [3.8, 4) is 5.75 Å². The summed E-state index contributed by atoms with van der Waals surface area (Å²) in [5, 5.41) is 2.16. The van der Waals surface area contributed by atoms with Crippen LogP contribution in [0.15, 0.2) is 52.5 Å². The topological polar surface area (TPSA) is 85.4 Å². The Morgan fingerprint density at radius 2 is 1.91 bits per heavy atom. The lowest BCUT2D eigenvalue weighted by molar-refractivity contribution is 0.0950. The van der Waals surface area contributed by atoms with Crippen LogP contribution in [0.2, 0.25) is 0 Å². The Bertz CT molecular complexity index is 774. The summed E-state index contributed by atoms with van der Waals surface area (Å²) in [4.78, 5) is 15.5. The van der Waals surface area contributed by atoms with Crippen LogP contribution in [0.3, 0.4) is 0 Å². The number of amides is 1. The molecule has 0 aliphatic heterocycles. The van der Waals surface area contributed by atoms with Gasteiger partial charge in [-0.15, -0.1) is 0 Å². The van der Waals surface area contributed by atoms with E-state index in [0.717, 1.165) is 6.20 Å². The molecule has 6 nitrogen and oxygen atoms in total. The van der Waals surface area contributed by atoms with Gasteiger partial charge >= 0.3 is 0 Å². The normalized spacial score (nSPS) is 11.0. The van der Waals surface area contributed by atoms with E-state index in [1.165, 1.54) is 43.5 Å². The maximum Gasteiger partial charge on any atom is 0.252 e. The van der Waals surface area contributed by atoms with E-state index < -0.39 is 22.4 Å². The molecule has 0 unspecified atom stereocenters. The molecule has 0 fully saturated rings. The van der Waals surface area contributed by atoms with Crippen LogP contribution in [-0.4, -0.2) is 39.6 Å². The highest BCUT2D eigenvalue weighted by atomic mass is 32.2. The van der Waals surface area contributed by atoms with Gasteiger partial charge in [0.25, 0.3) is 5.91 Å². The third-order valence-electron chi connectivity index (χ3n) is 3.02. The summed E-state index contributed by atoms with van der Waals surface area (Å²) >= 11 is 0. The van der Waals surface area contributed by atoms with E-state index in [-0.39, 0.29) is 22.0 Å². The maximum absolute atomic E-state index is 12.4. The molecule has 0 radical (unpaired) electrons. The fourth-order valence-electron chi connectivity index (χ4n) is 1.81. The van der Waals surface area contributed by atoms with Gasteiger partial charge < -0.3 is 10.1 Å². The molecule has 0 aliphatic rings. The van der Waals surface area contributed by atoms with Gasteiger partial charge in [-0.1, -0.05) is 0 Å². The number of carbonyl (C=O) groups is 1. The second-order valence-corrected chi connectivity index (χ2v) is 6.41. The van der Waals surface area contributed by atoms with Gasteiger partial charge in [-0.25, -0.2) is 17.8 Å². The van der Waals surface area contributed by atoms with Gasteiger partial charge in [0, 0.05) is 12.7 Å². The third-order valence-corrected chi connectivity index (χ3v) is 4.71. The zero-order valence-electron chi connectivity index (χ0n) is 12.3. The van der Waals surface area contributed by atoms with Crippen LogP contribution in [0.5, 0.6) is 5.75 Å². The number of ether oxygens (including phenoxy) is 1. The van der Waals surface area contributed by atoms with Gasteiger partial charge in [-0.2, -0.15) is 0 Å². The van der Waals surface area contributed by atoms with E-state index in [9.17, 15) is 17.6 Å². The predicted octanol–water partition coefficient (Wildman–Crippen LogP) is 1.62. The molecule has 23 heavy (non-hydrogen) atoms. The Balaban J connectivity index is 2.24. The highest BCUT2D eigenvalue weighted by Crippen LogP contribution is 2.21. The number of alkyl halides is 1. The number of pyridine rings is 1. The number of benzene rings is 1. The van der Waals surface area contributed by atoms with Crippen molar-refractivity contribution in [2.75, 3.05) is 20.3 Å². The van der Waals surface area contributed by atoms with Crippen LogP contribution in [-0.2, 0) is 9.84 Å². The molecular formula is C15H15FN2O4S. The van der Waals surface area contributed by atoms with Gasteiger partial charge in [0.15, 0.2) is 5.03 Å². The van der Waals surface area contributed by atoms with Crippen molar-refractivity contribution in [3.05, 3.63) is 48.2 Å². The lowest BCUT2D eigenvalue weighted by Gasteiger charge is -2.06. The van der Waals surface area contributed by atoms with E-state index in [1.807, 2.05) is 0 Å². The zero-order valence-corrected chi connectivity index (χ0v) is 13.1. The fourth-order valence-corrected chi connectivity index (χ4v) is 2.99. The highest BCUT2D eigenvalue weighted by Gasteiger charge is 2.19. The van der Waals surface area contributed by atoms with Crippen molar-refractivity contribution in [2.45, 2.75) is 9.92 Å². The highest BCUT2D eigenvalue weighted by molar-refractivity contribution is 7.91. The van der Waals surface area contributed by atoms with Crippen LogP contribution in [0.25, 0.3) is 0 Å². The number of sulfone groups is 1. The van der Waals surface area contributed by atoms with E-state index in [0.29, 0.717) is 5.75 Å². The average Bonchev–Trinajstić information content (AvgIpc) is 2.59. The number of hydrogen-bond donors (Lipinski definition) is 1. The minimum absolute atomic E-state index is 0.0698. The lowest BCUT2D eigenvalue weighted by atomic mass is 10.3. The summed E-state index contributed by atoms with van der Waals surface area (Å²) in [5.74, 6) is 0.0281. The predicted molar refractivity (Wildman–Crippen MR) is 81.0 cm³/mol. The monoisotopic (exact) mass is 338 g/mol. The van der Waals surface area contributed by atoms with Gasteiger partial charge in [0.2, 0.25) is 9.84 Å². The van der Waals surface area contributed by atoms with E-state index in [4.69, 9.17) is 4.74 Å². The number of nitrogens with zero attached hydrogens (tertiary/aromatic N) is 1. The first-order chi connectivity index (χ1) is 11.0. The smallest absolute Gasteiger partial charge is 0.252 e. The maximum atomic E-state index is 12.4. The van der Waals surface area contributed by atoms with Crippen LogP contribution in [0.4, 0.5) is 4.39 Å². The fraction of sp³-hybridized carbons (Fsp3) is 0.200. The molecule has 1 heterocycles. The molecule has 1 aromatic carbocycles. The van der Waals surface area contributed by atoms with Gasteiger partial charge in [-0.3, -0.25) is 4.79 Å². The van der Waals surface area contributed by atoms with Crippen molar-refractivity contribution < 1.29 is 22.3 Å². The van der Waals surface area contributed by atoms with Crippen molar-refractivity contribution in [1.82, 2.24) is 10.3 Å². The van der Waals surface area contributed by atoms with Crippen LogP contribution < -0.4 is 10.1 Å². The van der Waals surface area contributed by atoms with E-state index in [1.54, 1.807) is 0 Å². The molecule has 1 amide bonds. The summed E-state index contributed by atoms with van der Waals surface area (Å²) in [6, 6.07) is 8.47. The molecule has 1 N–H and O–H groups in total. The standard InChI is InChI=1S/C15H15FN2O4S/c1-22-12-3-5-13(6-4-12)23(20,21)14-7-2-11(10-18-14)15(19)17-9-8-16/h2-7,10H,8-9H2,1H3,(H,17,19). The molecule has 2 aromatic rings. The molecule has 0 spiro atoms. The molecule has 1 aromatic heterocycles. The number of methoxy groups -OCH3 is 1. The second kappa shape index (κ2) is 7.19. The van der Waals surface area contributed by atoms with Crippen LogP contribution in [0.1, 0.15) is 10.4 Å². The quantitative estimate of drug-likeness (QED) is 0.865. The summed E-state index contributed by atoms with van der Waals surface area (Å²) in [6.07, 6.45) is 1.14. The molecule has 0 aliphatic carbocycles. The van der Waals surface area contributed by atoms with Crippen molar-refractivity contribution in [3.63, 3.8) is 0 Å². The van der Waals surface area contributed by atoms with Crippen LogP contribution >= 0.6 is 0 Å². The minimum Gasteiger partial charge on any atom is -0.497 e. The summed E-state index contributed by atoms with van der Waals surface area (Å²) in [7, 11) is -2.30. The first-order valence-electron chi connectivity index (χ1n) is 6.68. The molecule has 0 atom stereocenters. The summed E-state index contributed by atoms with van der Waals surface area (Å²) < 4.78 is 41.9. The zero-order chi connectivity index (χ0) is 16.9. The van der Waals surface area contributed by atoms with Crippen molar-refractivity contribution in [2.24, 2.45) is 0 Å². The Labute approximate surface area is 133 Å². The Morgan fingerprint density at radius 3 is 2.43 bits per heavy atom. The minimum atomic E-state index is -3.78. The van der Waals surface area contributed by atoms with Gasteiger partial charge in [0.1, 0.15) is 12.4 Å². The third kappa shape index (κ3) is 3.84. The second-order valence-electron chi connectivity index (χ2n) is 4.51. The largest absolute Gasteiger partial charge is 0.497 e. The summed E-state index contributed by atoms with van der Waals surface area (Å²) in [5.41, 5.74) is 0.159. The molecule has 0 saturated heterocycles. The Kier molecular flexibility index (Phi) is 5.28. The SMILES string of the molecule is COc1ccc(S(=O)(=O)c2ccc(C(=O)NCCF)cn2)cc1. The first kappa shape index (κ1) is 16.9. The van der Waals surface area contributed by atoms with Crippen molar-refractivity contribution in [1.29, 1.82) is 0 Å². The van der Waals surface area contributed by atoms with Gasteiger partial charge in [-0.05, 0) is 36.4 Å². The van der Waals surface area contributed by atoms with Crippen molar-refractivity contribution >= 4 is 15.7 Å². The van der Waals surface area contributed by atoms with Gasteiger partial charge in [0.05, 0.1) is 17.6 Å². The molecule has 122 valence electrons. The number of aromatic nitrogens is 1. The molecule has 0 saturated carbocycles. The number of rotatable bonds is 6. The first-order valence-corrected chi connectivity index (χ1v) is 8.16. The Hall–Kier alpha value is -2.48. The molecule has 8 heteroatoms. The molecular weight excluding hydrogens is 323 g/mol. The van der Waals surface area contributed by atoms with E-state index in [2.05, 4.69) is 10.3 Å². The number of nitrogens with one attached hydrogen (secondary N) is 1. The average molecular weight is 338 g/mol. The molecule has 2 rings (SSSR count). The number of carbonyl (C=O) groups excluding carboxylic acids is 1. The number of halogens is 1. The lowest BCUT2D eigenvalue weighted by Crippen LogP contribution is -2.25. The molecule has 0 bridgehead atoms. The van der Waals surface area contributed by atoms with E-state index >= 15 is 0 Å².